The molecule has 0 radical (unpaired) electrons. The average Bonchev–Trinajstić information content (AvgIpc) is 3.54. The molecule has 3 amide bonds. The lowest BCUT2D eigenvalue weighted by Gasteiger charge is -2.29. The summed E-state index contributed by atoms with van der Waals surface area (Å²) in [6.07, 6.45) is 1.33. The van der Waals surface area contributed by atoms with Crippen LogP contribution in [0, 0.1) is 38.4 Å². The largest absolute Gasteiger partial charge is 0.376 e. The van der Waals surface area contributed by atoms with Gasteiger partial charge in [0.05, 0.1) is 17.4 Å². The Hall–Kier alpha value is -4.05. The number of nitrogens with two attached hydrogens (primary N) is 1. The van der Waals surface area contributed by atoms with Gasteiger partial charge < -0.3 is 20.5 Å². The minimum atomic E-state index is -0.753. The van der Waals surface area contributed by atoms with Crippen LogP contribution in [0.5, 0.6) is 0 Å². The SMILES string of the molecule is Cc1ccc(-c2c(C)noc2C)cc1[C@@H](Nc1cc2c(cc1F)CN([C@H]1CCC(=O)NC1=O)C2=O)[C@H]1C[C@@H]1CN. The number of amides is 3. The average molecular weight is 546 g/mol. The molecule has 3 heterocycles. The second-order valence-electron chi connectivity index (χ2n) is 11.2. The van der Waals surface area contributed by atoms with Crippen LogP contribution >= 0.6 is 0 Å². The molecule has 6 rings (SSSR count). The molecule has 4 atom stereocenters. The topological polar surface area (TPSA) is 131 Å². The van der Waals surface area contributed by atoms with Gasteiger partial charge in [-0.15, -0.1) is 0 Å². The lowest BCUT2D eigenvalue weighted by molar-refractivity contribution is -0.136. The maximum atomic E-state index is 15.6. The maximum absolute atomic E-state index is 15.6. The number of nitrogens with one attached hydrogen (secondary N) is 2. The zero-order valence-corrected chi connectivity index (χ0v) is 22.7. The van der Waals surface area contributed by atoms with Gasteiger partial charge in [-0.3, -0.25) is 19.7 Å². The Bertz CT molecular complexity index is 1530. The van der Waals surface area contributed by atoms with E-state index >= 15 is 4.39 Å². The Morgan fingerprint density at radius 2 is 2.00 bits per heavy atom. The van der Waals surface area contributed by atoms with Gasteiger partial charge in [-0.2, -0.15) is 0 Å². The minimum Gasteiger partial charge on any atom is -0.376 e. The number of aryl methyl sites for hydroxylation is 3. The van der Waals surface area contributed by atoms with Crippen molar-refractivity contribution in [2.24, 2.45) is 17.6 Å². The Morgan fingerprint density at radius 3 is 2.67 bits per heavy atom. The highest BCUT2D eigenvalue weighted by atomic mass is 19.1. The number of hydrogen-bond donors (Lipinski definition) is 3. The molecule has 0 bridgehead atoms. The summed E-state index contributed by atoms with van der Waals surface area (Å²) >= 11 is 0. The van der Waals surface area contributed by atoms with Crippen LogP contribution in [-0.2, 0) is 16.1 Å². The molecule has 0 spiro atoms. The molecule has 2 fully saturated rings. The maximum Gasteiger partial charge on any atom is 0.255 e. The molecule has 0 unspecified atom stereocenters. The molecule has 10 heteroatoms. The van der Waals surface area contributed by atoms with Crippen LogP contribution in [0.3, 0.4) is 0 Å². The molecule has 208 valence electrons. The second kappa shape index (κ2) is 9.85. The number of carbonyl (C=O) groups excluding carboxylic acids is 3. The summed E-state index contributed by atoms with van der Waals surface area (Å²) in [5.41, 5.74) is 11.9. The van der Waals surface area contributed by atoms with Crippen molar-refractivity contribution in [1.82, 2.24) is 15.4 Å². The molecule has 4 N–H and O–H groups in total. The predicted molar refractivity (Wildman–Crippen MR) is 146 cm³/mol. The number of hydrogen-bond acceptors (Lipinski definition) is 7. The summed E-state index contributed by atoms with van der Waals surface area (Å²) < 4.78 is 20.9. The van der Waals surface area contributed by atoms with Gasteiger partial charge in [-0.25, -0.2) is 4.39 Å². The third kappa shape index (κ3) is 4.46. The van der Waals surface area contributed by atoms with E-state index in [1.54, 1.807) is 6.07 Å². The van der Waals surface area contributed by atoms with E-state index in [2.05, 4.69) is 21.9 Å². The summed E-state index contributed by atoms with van der Waals surface area (Å²) in [5.74, 6) is -0.413. The monoisotopic (exact) mass is 545 g/mol. The van der Waals surface area contributed by atoms with E-state index in [0.717, 1.165) is 40.1 Å². The Morgan fingerprint density at radius 1 is 1.20 bits per heavy atom. The molecule has 3 aromatic rings. The third-order valence-electron chi connectivity index (χ3n) is 8.57. The molecular formula is C30H32FN5O4. The minimum absolute atomic E-state index is 0.123. The van der Waals surface area contributed by atoms with E-state index in [0.29, 0.717) is 23.6 Å². The van der Waals surface area contributed by atoms with Crippen LogP contribution in [0.1, 0.15) is 63.8 Å². The number of nitrogens with zero attached hydrogens (tertiary/aromatic N) is 2. The van der Waals surface area contributed by atoms with E-state index < -0.39 is 17.8 Å². The number of benzene rings is 2. The van der Waals surface area contributed by atoms with Crippen molar-refractivity contribution >= 4 is 23.4 Å². The van der Waals surface area contributed by atoms with Gasteiger partial charge >= 0.3 is 0 Å². The summed E-state index contributed by atoms with van der Waals surface area (Å²) in [6.45, 7) is 6.48. The quantitative estimate of drug-likeness (QED) is 0.384. The fourth-order valence-corrected chi connectivity index (χ4v) is 6.26. The van der Waals surface area contributed by atoms with Gasteiger partial charge in [0, 0.05) is 24.1 Å². The van der Waals surface area contributed by atoms with Crippen molar-refractivity contribution < 1.29 is 23.3 Å². The van der Waals surface area contributed by atoms with Crippen molar-refractivity contribution in [3.05, 3.63) is 69.9 Å². The van der Waals surface area contributed by atoms with Crippen LogP contribution in [0.15, 0.2) is 34.9 Å². The van der Waals surface area contributed by atoms with Gasteiger partial charge in [-0.1, -0.05) is 17.3 Å². The van der Waals surface area contributed by atoms with E-state index in [9.17, 15) is 14.4 Å². The highest BCUT2D eigenvalue weighted by Gasteiger charge is 2.44. The molecule has 1 aromatic heterocycles. The van der Waals surface area contributed by atoms with Gasteiger partial charge in [0.1, 0.15) is 17.6 Å². The standard InChI is InChI=1S/C30H32FN5O4/c1-14-4-5-17(27-15(2)35-40-16(27)3)8-20(14)28(21-9-18(21)12-32)33-24-11-22-19(10-23(24)31)13-36(30(22)39)25-6-7-26(37)34-29(25)38/h4-5,8,10-11,18,21,25,28,33H,6-7,9,12-13,32H2,1-3H3,(H,34,37,38)/t18-,21+,25+,28-/m1/s1. The van der Waals surface area contributed by atoms with Crippen LogP contribution in [0.2, 0.25) is 0 Å². The Labute approximate surface area is 231 Å². The van der Waals surface area contributed by atoms with E-state index in [1.807, 2.05) is 32.9 Å². The molecule has 2 aromatic carbocycles. The lowest BCUT2D eigenvalue weighted by Crippen LogP contribution is -2.52. The summed E-state index contributed by atoms with van der Waals surface area (Å²) in [5, 5.41) is 9.82. The highest BCUT2D eigenvalue weighted by molar-refractivity contribution is 6.05. The van der Waals surface area contributed by atoms with E-state index in [4.69, 9.17) is 10.3 Å². The molecule has 1 aliphatic carbocycles. The molecule has 40 heavy (non-hydrogen) atoms. The Balaban J connectivity index is 1.33. The fourth-order valence-electron chi connectivity index (χ4n) is 6.26. The van der Waals surface area contributed by atoms with E-state index in [-0.39, 0.29) is 48.8 Å². The Kier molecular flexibility index (Phi) is 6.45. The molecule has 1 saturated heterocycles. The fraction of sp³-hybridized carbons (Fsp3) is 0.400. The number of halogens is 1. The van der Waals surface area contributed by atoms with Crippen molar-refractivity contribution in [3.8, 4) is 11.1 Å². The zero-order valence-electron chi connectivity index (χ0n) is 22.7. The molecule has 9 nitrogen and oxygen atoms in total. The first-order valence-corrected chi connectivity index (χ1v) is 13.6. The third-order valence-corrected chi connectivity index (χ3v) is 8.57. The van der Waals surface area contributed by atoms with Gasteiger partial charge in [0.15, 0.2) is 0 Å². The summed E-state index contributed by atoms with van der Waals surface area (Å²) in [6, 6.07) is 8.13. The number of aromatic nitrogens is 1. The predicted octanol–water partition coefficient (Wildman–Crippen LogP) is 3.91. The first-order valence-electron chi connectivity index (χ1n) is 13.6. The van der Waals surface area contributed by atoms with Crippen LogP contribution < -0.4 is 16.4 Å². The van der Waals surface area contributed by atoms with Crippen LogP contribution in [-0.4, -0.2) is 40.4 Å². The summed E-state index contributed by atoms with van der Waals surface area (Å²) in [4.78, 5) is 38.8. The van der Waals surface area contributed by atoms with Crippen LogP contribution in [0.4, 0.5) is 10.1 Å². The molecule has 1 saturated carbocycles. The number of piperidine rings is 1. The number of anilines is 1. The highest BCUT2D eigenvalue weighted by Crippen LogP contribution is 2.50. The number of fused-ring (bicyclic) bond motifs is 1. The molecule has 3 aliphatic rings. The number of carbonyl (C=O) groups is 3. The van der Waals surface area contributed by atoms with E-state index in [1.165, 1.54) is 11.0 Å². The zero-order chi connectivity index (χ0) is 28.3. The first kappa shape index (κ1) is 26.2. The molecule has 2 aliphatic heterocycles. The van der Waals surface area contributed by atoms with Gasteiger partial charge in [-0.05, 0) is 92.4 Å². The van der Waals surface area contributed by atoms with Gasteiger partial charge in [0.25, 0.3) is 5.91 Å². The van der Waals surface area contributed by atoms with Crippen LogP contribution in [0.25, 0.3) is 11.1 Å². The van der Waals surface area contributed by atoms with Crippen molar-refractivity contribution in [1.29, 1.82) is 0 Å². The molecular weight excluding hydrogens is 513 g/mol. The van der Waals surface area contributed by atoms with Crippen molar-refractivity contribution in [2.45, 2.75) is 58.7 Å². The smallest absolute Gasteiger partial charge is 0.255 e. The second-order valence-corrected chi connectivity index (χ2v) is 11.2. The number of imide groups is 1. The van der Waals surface area contributed by atoms with Crippen molar-refractivity contribution in [2.75, 3.05) is 11.9 Å². The summed E-state index contributed by atoms with van der Waals surface area (Å²) in [7, 11) is 0. The first-order chi connectivity index (χ1) is 19.2. The normalized spacial score (nSPS) is 22.8. The van der Waals surface area contributed by atoms with Crippen molar-refractivity contribution in [3.63, 3.8) is 0 Å². The van der Waals surface area contributed by atoms with Gasteiger partial charge in [0.2, 0.25) is 11.8 Å². The lowest BCUT2D eigenvalue weighted by atomic mass is 9.91. The number of rotatable bonds is 7.